The highest BCUT2D eigenvalue weighted by atomic mass is 32.2. The molecule has 0 amide bonds. The van der Waals surface area contributed by atoms with E-state index in [9.17, 15) is 10.1 Å². The number of aromatic nitrogens is 1. The number of rotatable bonds is 5. The van der Waals surface area contributed by atoms with Crippen LogP contribution in [0.1, 0.15) is 13.8 Å². The summed E-state index contributed by atoms with van der Waals surface area (Å²) in [6, 6.07) is 1.62. The highest BCUT2D eigenvalue weighted by Gasteiger charge is 2.18. The van der Waals surface area contributed by atoms with Crippen molar-refractivity contribution in [2.75, 3.05) is 18.1 Å². The molecule has 0 fully saturated rings. The van der Waals surface area contributed by atoms with Gasteiger partial charge in [-0.15, -0.1) is 0 Å². The van der Waals surface area contributed by atoms with E-state index in [2.05, 4.69) is 24.1 Å². The van der Waals surface area contributed by atoms with Crippen molar-refractivity contribution in [3.63, 3.8) is 0 Å². The number of hydrogen-bond donors (Lipinski definition) is 1. The predicted octanol–water partition coefficient (Wildman–Crippen LogP) is 2.54. The van der Waals surface area contributed by atoms with E-state index in [0.717, 1.165) is 0 Å². The molecule has 1 rings (SSSR count). The van der Waals surface area contributed by atoms with Crippen molar-refractivity contribution < 1.29 is 4.92 Å². The Labute approximate surface area is 98.8 Å². The SMILES string of the molecule is CSC(C)(C)CNc1ccncc1[N+](=O)[O-]. The Kier molecular flexibility index (Phi) is 4.12. The van der Waals surface area contributed by atoms with Crippen LogP contribution in [0, 0.1) is 10.1 Å². The van der Waals surface area contributed by atoms with Crippen LogP contribution in [-0.2, 0) is 0 Å². The van der Waals surface area contributed by atoms with Gasteiger partial charge in [-0.25, -0.2) is 0 Å². The van der Waals surface area contributed by atoms with Crippen molar-refractivity contribution in [1.29, 1.82) is 0 Å². The van der Waals surface area contributed by atoms with Crippen LogP contribution >= 0.6 is 11.8 Å². The zero-order valence-corrected chi connectivity index (χ0v) is 10.4. The summed E-state index contributed by atoms with van der Waals surface area (Å²) in [6.45, 7) is 4.83. The molecule has 0 unspecified atom stereocenters. The number of nitrogens with one attached hydrogen (secondary N) is 1. The molecule has 0 saturated heterocycles. The average molecular weight is 241 g/mol. The van der Waals surface area contributed by atoms with Gasteiger partial charge in [0.15, 0.2) is 0 Å². The van der Waals surface area contributed by atoms with E-state index in [1.165, 1.54) is 6.20 Å². The molecule has 0 aliphatic rings. The number of thioether (sulfide) groups is 1. The molecule has 0 aromatic carbocycles. The second-order valence-corrected chi connectivity index (χ2v) is 5.48. The summed E-state index contributed by atoms with van der Waals surface area (Å²) in [5.74, 6) is 0. The number of anilines is 1. The highest BCUT2D eigenvalue weighted by molar-refractivity contribution is 7.99. The van der Waals surface area contributed by atoms with Gasteiger partial charge >= 0.3 is 5.69 Å². The van der Waals surface area contributed by atoms with Gasteiger partial charge in [0.1, 0.15) is 11.9 Å². The van der Waals surface area contributed by atoms with Crippen molar-refractivity contribution in [3.05, 3.63) is 28.6 Å². The molecular formula is C10H15N3O2S. The maximum Gasteiger partial charge on any atom is 0.310 e. The van der Waals surface area contributed by atoms with Crippen molar-refractivity contribution >= 4 is 23.1 Å². The zero-order valence-electron chi connectivity index (χ0n) is 9.56. The lowest BCUT2D eigenvalue weighted by atomic mass is 10.2. The first-order valence-electron chi connectivity index (χ1n) is 4.84. The molecule has 0 aliphatic heterocycles. The van der Waals surface area contributed by atoms with E-state index in [1.807, 2.05) is 6.26 Å². The first kappa shape index (κ1) is 12.8. The van der Waals surface area contributed by atoms with Gasteiger partial charge in [0.25, 0.3) is 0 Å². The molecule has 1 N–H and O–H groups in total. The molecule has 16 heavy (non-hydrogen) atoms. The minimum Gasteiger partial charge on any atom is -0.378 e. The molecule has 0 atom stereocenters. The van der Waals surface area contributed by atoms with Crippen LogP contribution in [0.4, 0.5) is 11.4 Å². The molecule has 1 aromatic heterocycles. The Morgan fingerprint density at radius 2 is 2.31 bits per heavy atom. The quantitative estimate of drug-likeness (QED) is 0.633. The lowest BCUT2D eigenvalue weighted by Gasteiger charge is -2.22. The summed E-state index contributed by atoms with van der Waals surface area (Å²) < 4.78 is 0.0388. The van der Waals surface area contributed by atoms with E-state index >= 15 is 0 Å². The Morgan fingerprint density at radius 1 is 1.62 bits per heavy atom. The first-order chi connectivity index (χ1) is 7.46. The van der Waals surface area contributed by atoms with E-state index in [1.54, 1.807) is 24.0 Å². The van der Waals surface area contributed by atoms with Crippen molar-refractivity contribution in [3.8, 4) is 0 Å². The number of hydrogen-bond acceptors (Lipinski definition) is 5. The molecule has 1 heterocycles. The van der Waals surface area contributed by atoms with Gasteiger partial charge in [-0.1, -0.05) is 0 Å². The van der Waals surface area contributed by atoms with Crippen molar-refractivity contribution in [1.82, 2.24) is 4.98 Å². The van der Waals surface area contributed by atoms with Gasteiger partial charge < -0.3 is 5.32 Å². The van der Waals surface area contributed by atoms with Gasteiger partial charge in [-0.05, 0) is 26.2 Å². The Morgan fingerprint density at radius 3 is 2.88 bits per heavy atom. The van der Waals surface area contributed by atoms with Crippen LogP contribution in [0.15, 0.2) is 18.5 Å². The van der Waals surface area contributed by atoms with E-state index in [-0.39, 0.29) is 10.4 Å². The van der Waals surface area contributed by atoms with E-state index in [4.69, 9.17) is 0 Å². The zero-order chi connectivity index (χ0) is 12.2. The largest absolute Gasteiger partial charge is 0.378 e. The third-order valence-corrected chi connectivity index (χ3v) is 3.50. The molecule has 0 spiro atoms. The minimum atomic E-state index is -0.429. The fraction of sp³-hybridized carbons (Fsp3) is 0.500. The molecule has 6 heteroatoms. The van der Waals surface area contributed by atoms with Crippen LogP contribution in [0.5, 0.6) is 0 Å². The second-order valence-electron chi connectivity index (χ2n) is 3.97. The predicted molar refractivity (Wildman–Crippen MR) is 67.0 cm³/mol. The number of pyridine rings is 1. The second kappa shape index (κ2) is 5.16. The lowest BCUT2D eigenvalue weighted by Crippen LogP contribution is -2.26. The molecule has 0 saturated carbocycles. The minimum absolute atomic E-state index is 0.0133. The third kappa shape index (κ3) is 3.37. The van der Waals surface area contributed by atoms with Crippen molar-refractivity contribution in [2.45, 2.75) is 18.6 Å². The maximum absolute atomic E-state index is 10.7. The van der Waals surface area contributed by atoms with Crippen LogP contribution in [0.2, 0.25) is 0 Å². The van der Waals surface area contributed by atoms with E-state index in [0.29, 0.717) is 12.2 Å². The van der Waals surface area contributed by atoms with Gasteiger partial charge in [0.2, 0.25) is 0 Å². The third-order valence-electron chi connectivity index (χ3n) is 2.25. The normalized spacial score (nSPS) is 11.2. The Bertz CT molecular complexity index is 382. The lowest BCUT2D eigenvalue weighted by molar-refractivity contribution is -0.384. The summed E-state index contributed by atoms with van der Waals surface area (Å²) in [5, 5.41) is 13.8. The molecule has 88 valence electrons. The highest BCUT2D eigenvalue weighted by Crippen LogP contribution is 2.25. The molecule has 0 radical (unpaired) electrons. The molecule has 1 aromatic rings. The van der Waals surface area contributed by atoms with Crippen LogP contribution in [0.3, 0.4) is 0 Å². The smallest absolute Gasteiger partial charge is 0.310 e. The topological polar surface area (TPSA) is 68.1 Å². The molecule has 5 nitrogen and oxygen atoms in total. The van der Waals surface area contributed by atoms with Crippen LogP contribution < -0.4 is 5.32 Å². The van der Waals surface area contributed by atoms with Crippen LogP contribution in [-0.4, -0.2) is 27.5 Å². The number of nitrogens with zero attached hydrogens (tertiary/aromatic N) is 2. The molecule has 0 aliphatic carbocycles. The van der Waals surface area contributed by atoms with Gasteiger partial charge in [0, 0.05) is 17.5 Å². The standard InChI is InChI=1S/C10H15N3O2S/c1-10(2,16-3)7-12-8-4-5-11-6-9(8)13(14)15/h4-6H,7H2,1-3H3,(H,11,12). The molecular weight excluding hydrogens is 226 g/mol. The summed E-state index contributed by atoms with van der Waals surface area (Å²) in [4.78, 5) is 14.1. The van der Waals surface area contributed by atoms with Crippen molar-refractivity contribution in [2.24, 2.45) is 0 Å². The summed E-state index contributed by atoms with van der Waals surface area (Å²) >= 11 is 1.71. The monoisotopic (exact) mass is 241 g/mol. The van der Waals surface area contributed by atoms with Gasteiger partial charge in [-0.2, -0.15) is 11.8 Å². The molecule has 0 bridgehead atoms. The summed E-state index contributed by atoms with van der Waals surface area (Å²) in [6.07, 6.45) is 4.82. The fourth-order valence-corrected chi connectivity index (χ4v) is 1.28. The van der Waals surface area contributed by atoms with Gasteiger partial charge in [0.05, 0.1) is 4.92 Å². The average Bonchev–Trinajstić information content (AvgIpc) is 2.27. The first-order valence-corrected chi connectivity index (χ1v) is 6.06. The Hall–Kier alpha value is -1.30. The van der Waals surface area contributed by atoms with E-state index < -0.39 is 4.92 Å². The Balaban J connectivity index is 2.78. The summed E-state index contributed by atoms with van der Waals surface area (Å²) in [5.41, 5.74) is 0.529. The fourth-order valence-electron chi connectivity index (χ4n) is 1.06. The summed E-state index contributed by atoms with van der Waals surface area (Å²) in [7, 11) is 0. The number of nitro groups is 1. The van der Waals surface area contributed by atoms with Gasteiger partial charge in [-0.3, -0.25) is 15.1 Å². The van der Waals surface area contributed by atoms with Crippen LogP contribution in [0.25, 0.3) is 0 Å². The maximum atomic E-state index is 10.7.